The zero-order chi connectivity index (χ0) is 12.0. The second-order valence-corrected chi connectivity index (χ2v) is 5.36. The number of hydrogen-bond acceptors (Lipinski definition) is 5. The van der Waals surface area contributed by atoms with E-state index < -0.39 is 10.1 Å². The molecule has 6 nitrogen and oxygen atoms in total. The third-order valence-electron chi connectivity index (χ3n) is 2.51. The van der Waals surface area contributed by atoms with Gasteiger partial charge in [-0.2, -0.15) is 8.42 Å². The van der Waals surface area contributed by atoms with Crippen molar-refractivity contribution in [2.45, 2.75) is 19.6 Å². The molecule has 0 bridgehead atoms. The van der Waals surface area contributed by atoms with Crippen LogP contribution < -0.4 is 5.32 Å². The highest BCUT2D eigenvalue weighted by Crippen LogP contribution is 2.06. The molecule has 1 fully saturated rings. The smallest absolute Gasteiger partial charge is 0.264 e. The molecule has 0 spiro atoms. The largest absolute Gasteiger partial charge is 0.362 e. The summed E-state index contributed by atoms with van der Waals surface area (Å²) in [6.07, 6.45) is 0.447. The Balaban J connectivity index is 2.32. The van der Waals surface area contributed by atoms with Crippen molar-refractivity contribution in [1.29, 1.82) is 0 Å². The van der Waals surface area contributed by atoms with Crippen LogP contribution in [0.2, 0.25) is 0 Å². The minimum Gasteiger partial charge on any atom is -0.362 e. The Morgan fingerprint density at radius 3 is 2.94 bits per heavy atom. The van der Waals surface area contributed by atoms with E-state index in [1.165, 1.54) is 0 Å². The van der Waals surface area contributed by atoms with Gasteiger partial charge in [0.05, 0.1) is 5.75 Å². The van der Waals surface area contributed by atoms with Gasteiger partial charge in [-0.15, -0.1) is 0 Å². The molecule has 1 rings (SSSR count). The van der Waals surface area contributed by atoms with Crippen molar-refractivity contribution in [3.63, 3.8) is 0 Å². The first-order valence-electron chi connectivity index (χ1n) is 5.54. The highest BCUT2D eigenvalue weighted by Gasteiger charge is 2.22. The third-order valence-corrected chi connectivity index (χ3v) is 3.31. The fourth-order valence-electron chi connectivity index (χ4n) is 1.78. The van der Waals surface area contributed by atoms with Crippen LogP contribution in [0.5, 0.6) is 0 Å². The highest BCUT2D eigenvalue weighted by atomic mass is 32.2. The number of hydrogen-bond donors (Lipinski definition) is 2. The summed E-state index contributed by atoms with van der Waals surface area (Å²) >= 11 is 0. The topological polar surface area (TPSA) is 78.9 Å². The second kappa shape index (κ2) is 6.51. The molecule has 0 amide bonds. The Bertz CT molecular complexity index is 292. The van der Waals surface area contributed by atoms with Crippen LogP contribution in [0, 0.1) is 0 Å². The molecule has 2 N–H and O–H groups in total. The van der Waals surface area contributed by atoms with Crippen molar-refractivity contribution in [1.82, 2.24) is 10.2 Å². The van der Waals surface area contributed by atoms with Gasteiger partial charge < -0.3 is 10.1 Å². The van der Waals surface area contributed by atoms with E-state index in [0.717, 1.165) is 19.6 Å². The SMILES string of the molecule is CCOC1CNCCN1CCCS(=O)(=O)O. The first kappa shape index (κ1) is 13.9. The summed E-state index contributed by atoms with van der Waals surface area (Å²) in [5.74, 6) is -0.185. The maximum Gasteiger partial charge on any atom is 0.264 e. The lowest BCUT2D eigenvalue weighted by Gasteiger charge is -2.35. The minimum absolute atomic E-state index is 0.0140. The Morgan fingerprint density at radius 2 is 2.31 bits per heavy atom. The first-order chi connectivity index (χ1) is 7.53. The van der Waals surface area contributed by atoms with Crippen molar-refractivity contribution in [3.05, 3.63) is 0 Å². The number of rotatable bonds is 6. The average molecular weight is 252 g/mol. The van der Waals surface area contributed by atoms with Gasteiger partial charge >= 0.3 is 0 Å². The number of ether oxygens (including phenoxy) is 1. The summed E-state index contributed by atoms with van der Waals surface area (Å²) in [7, 11) is -3.84. The quantitative estimate of drug-likeness (QED) is 0.622. The zero-order valence-electron chi connectivity index (χ0n) is 9.55. The van der Waals surface area contributed by atoms with Crippen LogP contribution in [-0.2, 0) is 14.9 Å². The molecule has 0 radical (unpaired) electrons. The summed E-state index contributed by atoms with van der Waals surface area (Å²) in [5.41, 5.74) is 0. The van der Waals surface area contributed by atoms with Gasteiger partial charge in [0.15, 0.2) is 0 Å². The molecule has 16 heavy (non-hydrogen) atoms. The van der Waals surface area contributed by atoms with Crippen molar-refractivity contribution < 1.29 is 17.7 Å². The van der Waals surface area contributed by atoms with Crippen LogP contribution in [0.1, 0.15) is 13.3 Å². The van der Waals surface area contributed by atoms with E-state index in [4.69, 9.17) is 9.29 Å². The second-order valence-electron chi connectivity index (χ2n) is 3.79. The molecule has 1 unspecified atom stereocenters. The van der Waals surface area contributed by atoms with Crippen molar-refractivity contribution >= 4 is 10.1 Å². The highest BCUT2D eigenvalue weighted by molar-refractivity contribution is 7.85. The Morgan fingerprint density at radius 1 is 1.56 bits per heavy atom. The Labute approximate surface area is 96.7 Å². The molecule has 0 aromatic rings. The Kier molecular flexibility index (Phi) is 5.63. The third kappa shape index (κ3) is 5.22. The molecule has 0 aromatic carbocycles. The summed E-state index contributed by atoms with van der Waals surface area (Å²) in [6.45, 7) is 5.70. The van der Waals surface area contributed by atoms with E-state index in [1.54, 1.807) is 0 Å². The lowest BCUT2D eigenvalue weighted by atomic mass is 10.3. The molecule has 1 atom stereocenters. The van der Waals surface area contributed by atoms with E-state index in [2.05, 4.69) is 10.2 Å². The van der Waals surface area contributed by atoms with Crippen molar-refractivity contribution in [2.24, 2.45) is 0 Å². The fraction of sp³-hybridized carbons (Fsp3) is 1.00. The summed E-state index contributed by atoms with van der Waals surface area (Å²) in [4.78, 5) is 2.10. The van der Waals surface area contributed by atoms with Gasteiger partial charge in [0.2, 0.25) is 0 Å². The normalized spacial score (nSPS) is 23.5. The molecular formula is C9H20N2O4S. The molecule has 1 heterocycles. The first-order valence-corrected chi connectivity index (χ1v) is 7.15. The lowest BCUT2D eigenvalue weighted by Crippen LogP contribution is -2.52. The van der Waals surface area contributed by atoms with Gasteiger partial charge in [-0.25, -0.2) is 0 Å². The zero-order valence-corrected chi connectivity index (χ0v) is 10.4. The molecule has 0 aliphatic carbocycles. The van der Waals surface area contributed by atoms with Crippen LogP contribution in [0.25, 0.3) is 0 Å². The monoisotopic (exact) mass is 252 g/mol. The minimum atomic E-state index is -3.84. The van der Waals surface area contributed by atoms with Crippen LogP contribution in [-0.4, -0.2) is 62.6 Å². The van der Waals surface area contributed by atoms with Gasteiger partial charge in [0.1, 0.15) is 6.23 Å². The van der Waals surface area contributed by atoms with Crippen LogP contribution in [0.4, 0.5) is 0 Å². The fourth-order valence-corrected chi connectivity index (χ4v) is 2.28. The van der Waals surface area contributed by atoms with E-state index in [-0.39, 0.29) is 12.0 Å². The van der Waals surface area contributed by atoms with Gasteiger partial charge in [-0.05, 0) is 13.3 Å². The number of piperazine rings is 1. The van der Waals surface area contributed by atoms with Gasteiger partial charge in [0, 0.05) is 32.8 Å². The average Bonchev–Trinajstić information content (AvgIpc) is 2.19. The van der Waals surface area contributed by atoms with Crippen molar-refractivity contribution in [3.8, 4) is 0 Å². The van der Waals surface area contributed by atoms with E-state index in [0.29, 0.717) is 19.6 Å². The molecule has 0 saturated carbocycles. The Hall–Kier alpha value is -0.210. The summed E-state index contributed by atoms with van der Waals surface area (Å²) < 4.78 is 35.3. The maximum atomic E-state index is 10.6. The predicted molar refractivity (Wildman–Crippen MR) is 60.9 cm³/mol. The summed E-state index contributed by atoms with van der Waals surface area (Å²) in [6, 6.07) is 0. The molecule has 1 aliphatic rings. The molecule has 1 aliphatic heterocycles. The number of nitrogens with zero attached hydrogens (tertiary/aromatic N) is 1. The van der Waals surface area contributed by atoms with Crippen LogP contribution >= 0.6 is 0 Å². The predicted octanol–water partition coefficient (Wildman–Crippen LogP) is -0.468. The standard InChI is InChI=1S/C9H20N2O4S/c1-2-15-9-8-10-4-6-11(9)5-3-7-16(12,13)14/h9-10H,2-8H2,1H3,(H,12,13,14). The lowest BCUT2D eigenvalue weighted by molar-refractivity contribution is -0.0656. The number of nitrogens with one attached hydrogen (secondary N) is 1. The molecule has 1 saturated heterocycles. The van der Waals surface area contributed by atoms with Gasteiger partial charge in [0.25, 0.3) is 10.1 Å². The van der Waals surface area contributed by atoms with E-state index in [9.17, 15) is 8.42 Å². The van der Waals surface area contributed by atoms with Crippen LogP contribution in [0.3, 0.4) is 0 Å². The van der Waals surface area contributed by atoms with E-state index >= 15 is 0 Å². The maximum absolute atomic E-state index is 10.6. The van der Waals surface area contributed by atoms with Gasteiger partial charge in [-0.3, -0.25) is 9.45 Å². The molecular weight excluding hydrogens is 232 g/mol. The van der Waals surface area contributed by atoms with E-state index in [1.807, 2.05) is 6.92 Å². The molecule has 0 aromatic heterocycles. The molecule has 7 heteroatoms. The summed E-state index contributed by atoms with van der Waals surface area (Å²) in [5, 5.41) is 3.22. The van der Waals surface area contributed by atoms with Gasteiger partial charge in [-0.1, -0.05) is 0 Å². The molecule has 96 valence electrons. The van der Waals surface area contributed by atoms with Crippen LogP contribution in [0.15, 0.2) is 0 Å². The van der Waals surface area contributed by atoms with Crippen molar-refractivity contribution in [2.75, 3.05) is 38.5 Å².